The van der Waals surface area contributed by atoms with Gasteiger partial charge in [-0.25, -0.2) is 0 Å². The molecule has 0 saturated heterocycles. The van der Waals surface area contributed by atoms with Crippen molar-refractivity contribution in [1.29, 1.82) is 0 Å². The number of nitrogens with two attached hydrogens (primary N) is 2. The van der Waals surface area contributed by atoms with Gasteiger partial charge in [0.15, 0.2) is 0 Å². The van der Waals surface area contributed by atoms with Crippen LogP contribution in [-0.2, 0) is 0 Å². The minimum absolute atomic E-state index is 0.689. The van der Waals surface area contributed by atoms with Gasteiger partial charge >= 0.3 is 0 Å². The summed E-state index contributed by atoms with van der Waals surface area (Å²) in [4.78, 5) is 0. The predicted octanol–water partition coefficient (Wildman–Crippen LogP) is 0.550. The van der Waals surface area contributed by atoms with Gasteiger partial charge in [0.25, 0.3) is 0 Å². The lowest BCUT2D eigenvalue weighted by Crippen LogP contribution is -2.09. The highest BCUT2D eigenvalue weighted by Gasteiger charge is 2.02. The second-order valence-corrected chi connectivity index (χ2v) is 2.56. The molecular weight excluding hydrogens is 124 g/mol. The molecule has 1 rings (SSSR count). The molecule has 0 radical (unpaired) electrons. The molecule has 10 heavy (non-hydrogen) atoms. The molecule has 0 aliphatic heterocycles. The lowest BCUT2D eigenvalue weighted by atomic mass is 9.99. The van der Waals surface area contributed by atoms with E-state index < -0.39 is 0 Å². The summed E-state index contributed by atoms with van der Waals surface area (Å²) in [6.07, 6.45) is 6.37. The summed E-state index contributed by atoms with van der Waals surface area (Å²) in [6.45, 7) is 1.38. The molecule has 0 atom stereocenters. The van der Waals surface area contributed by atoms with Crippen LogP contribution in [0.3, 0.4) is 0 Å². The zero-order chi connectivity index (χ0) is 7.40. The van der Waals surface area contributed by atoms with Crippen LogP contribution in [0.25, 0.3) is 0 Å². The Morgan fingerprint density at radius 3 is 1.60 bits per heavy atom. The third kappa shape index (κ3) is 1.69. The molecule has 0 spiro atoms. The zero-order valence-electron chi connectivity index (χ0n) is 6.14. The largest absolute Gasteiger partial charge is 0.327 e. The lowest BCUT2D eigenvalue weighted by molar-refractivity contribution is 0.850. The minimum Gasteiger partial charge on any atom is -0.327 e. The van der Waals surface area contributed by atoms with Gasteiger partial charge in [0.05, 0.1) is 0 Å². The van der Waals surface area contributed by atoms with E-state index in [1.165, 1.54) is 11.1 Å². The Morgan fingerprint density at radius 2 is 1.40 bits per heavy atom. The molecule has 0 unspecified atom stereocenters. The molecule has 0 amide bonds. The molecule has 0 aromatic heterocycles. The van der Waals surface area contributed by atoms with E-state index in [0.717, 1.165) is 12.8 Å². The standard InChI is InChI=1S/C8H14N2/c9-5-7-1-2-8(6-10)4-3-7/h1-2H,3-6,9-10H2. The SMILES string of the molecule is NCC1=CC=C(CN)CC1. The van der Waals surface area contributed by atoms with Gasteiger partial charge in [0.1, 0.15) is 0 Å². The number of allylic oxidation sites excluding steroid dienone is 2. The predicted molar refractivity (Wildman–Crippen MR) is 43.5 cm³/mol. The smallest absolute Gasteiger partial charge is 0.0140 e. The van der Waals surface area contributed by atoms with Crippen LogP contribution >= 0.6 is 0 Å². The molecule has 4 N–H and O–H groups in total. The Hall–Kier alpha value is -0.600. The molecule has 2 heteroatoms. The van der Waals surface area contributed by atoms with Crippen LogP contribution in [0.1, 0.15) is 12.8 Å². The maximum Gasteiger partial charge on any atom is 0.0140 e. The topological polar surface area (TPSA) is 52.0 Å². The lowest BCUT2D eigenvalue weighted by Gasteiger charge is -2.10. The van der Waals surface area contributed by atoms with Gasteiger partial charge in [-0.15, -0.1) is 0 Å². The van der Waals surface area contributed by atoms with E-state index in [4.69, 9.17) is 11.5 Å². The van der Waals surface area contributed by atoms with E-state index in [2.05, 4.69) is 12.2 Å². The first-order valence-electron chi connectivity index (χ1n) is 3.64. The van der Waals surface area contributed by atoms with Crippen molar-refractivity contribution in [2.45, 2.75) is 12.8 Å². The first-order valence-corrected chi connectivity index (χ1v) is 3.64. The first-order chi connectivity index (χ1) is 4.86. The maximum absolute atomic E-state index is 5.46. The van der Waals surface area contributed by atoms with Gasteiger partial charge in [-0.3, -0.25) is 0 Å². The van der Waals surface area contributed by atoms with E-state index in [1.807, 2.05) is 0 Å². The molecule has 0 bridgehead atoms. The first kappa shape index (κ1) is 7.51. The Labute approximate surface area is 61.6 Å². The van der Waals surface area contributed by atoms with E-state index >= 15 is 0 Å². The van der Waals surface area contributed by atoms with Crippen LogP contribution in [0.5, 0.6) is 0 Å². The summed E-state index contributed by atoms with van der Waals surface area (Å²) < 4.78 is 0. The minimum atomic E-state index is 0.689. The third-order valence-corrected chi connectivity index (χ3v) is 1.85. The van der Waals surface area contributed by atoms with Gasteiger partial charge in [-0.2, -0.15) is 0 Å². The summed E-state index contributed by atoms with van der Waals surface area (Å²) in [5.41, 5.74) is 13.6. The molecule has 0 fully saturated rings. The van der Waals surface area contributed by atoms with E-state index in [-0.39, 0.29) is 0 Å². The highest BCUT2D eigenvalue weighted by atomic mass is 14.5. The van der Waals surface area contributed by atoms with Crippen molar-refractivity contribution in [2.75, 3.05) is 13.1 Å². The zero-order valence-corrected chi connectivity index (χ0v) is 6.14. The van der Waals surface area contributed by atoms with Crippen molar-refractivity contribution in [3.05, 3.63) is 23.3 Å². The monoisotopic (exact) mass is 138 g/mol. The number of hydrogen-bond acceptors (Lipinski definition) is 2. The summed E-state index contributed by atoms with van der Waals surface area (Å²) in [5, 5.41) is 0. The van der Waals surface area contributed by atoms with Crippen molar-refractivity contribution in [1.82, 2.24) is 0 Å². The molecule has 0 aromatic carbocycles. The Balaban J connectivity index is 2.55. The van der Waals surface area contributed by atoms with Crippen molar-refractivity contribution >= 4 is 0 Å². The summed E-state index contributed by atoms with van der Waals surface area (Å²) in [7, 11) is 0. The molecule has 0 saturated carbocycles. The van der Waals surface area contributed by atoms with Crippen molar-refractivity contribution in [3.8, 4) is 0 Å². The average Bonchev–Trinajstić information content (AvgIpc) is 2.05. The summed E-state index contributed by atoms with van der Waals surface area (Å²) >= 11 is 0. The van der Waals surface area contributed by atoms with Crippen molar-refractivity contribution < 1.29 is 0 Å². The Bertz CT molecular complexity index is 148. The van der Waals surface area contributed by atoms with Crippen LogP contribution in [0.2, 0.25) is 0 Å². The number of hydrogen-bond donors (Lipinski definition) is 2. The van der Waals surface area contributed by atoms with Crippen LogP contribution in [0.15, 0.2) is 23.3 Å². The molecular formula is C8H14N2. The Morgan fingerprint density at radius 1 is 1.00 bits per heavy atom. The van der Waals surface area contributed by atoms with Gasteiger partial charge in [-0.1, -0.05) is 23.3 Å². The molecule has 0 aromatic rings. The second-order valence-electron chi connectivity index (χ2n) is 2.56. The molecule has 56 valence electrons. The molecule has 0 heterocycles. The normalized spacial score (nSPS) is 18.2. The van der Waals surface area contributed by atoms with Gasteiger partial charge in [0, 0.05) is 13.1 Å². The summed E-state index contributed by atoms with van der Waals surface area (Å²) in [6, 6.07) is 0. The van der Waals surface area contributed by atoms with Gasteiger partial charge < -0.3 is 11.5 Å². The fourth-order valence-corrected chi connectivity index (χ4v) is 1.06. The Kier molecular flexibility index (Phi) is 2.66. The maximum atomic E-state index is 5.46. The quantitative estimate of drug-likeness (QED) is 0.585. The van der Waals surface area contributed by atoms with Gasteiger partial charge in [-0.05, 0) is 12.8 Å². The van der Waals surface area contributed by atoms with Crippen LogP contribution in [0.4, 0.5) is 0 Å². The van der Waals surface area contributed by atoms with Crippen LogP contribution in [0, 0.1) is 0 Å². The highest BCUT2D eigenvalue weighted by molar-refractivity contribution is 5.25. The number of rotatable bonds is 2. The molecule has 2 nitrogen and oxygen atoms in total. The van der Waals surface area contributed by atoms with Crippen molar-refractivity contribution in [2.24, 2.45) is 11.5 Å². The second kappa shape index (κ2) is 3.54. The van der Waals surface area contributed by atoms with Crippen molar-refractivity contribution in [3.63, 3.8) is 0 Å². The molecule has 1 aliphatic carbocycles. The van der Waals surface area contributed by atoms with E-state index in [1.54, 1.807) is 0 Å². The fourth-order valence-electron chi connectivity index (χ4n) is 1.06. The fraction of sp³-hybridized carbons (Fsp3) is 0.500. The van der Waals surface area contributed by atoms with E-state index in [9.17, 15) is 0 Å². The third-order valence-electron chi connectivity index (χ3n) is 1.85. The van der Waals surface area contributed by atoms with Crippen LogP contribution in [-0.4, -0.2) is 13.1 Å². The average molecular weight is 138 g/mol. The molecule has 1 aliphatic rings. The summed E-state index contributed by atoms with van der Waals surface area (Å²) in [5.74, 6) is 0. The highest BCUT2D eigenvalue weighted by Crippen LogP contribution is 2.15. The van der Waals surface area contributed by atoms with Crippen LogP contribution < -0.4 is 11.5 Å². The van der Waals surface area contributed by atoms with E-state index in [0.29, 0.717) is 13.1 Å². The van der Waals surface area contributed by atoms with Gasteiger partial charge in [0.2, 0.25) is 0 Å².